The van der Waals surface area contributed by atoms with E-state index in [0.29, 0.717) is 11.5 Å². The Bertz CT molecular complexity index is 323. The second-order valence-electron chi connectivity index (χ2n) is 2.29. The van der Waals surface area contributed by atoms with Crippen molar-refractivity contribution in [1.82, 2.24) is 9.55 Å². The molecule has 1 aromatic rings. The van der Waals surface area contributed by atoms with Gasteiger partial charge < -0.3 is 16.0 Å². The molecular weight excluding hydrogens is 154 g/mol. The summed E-state index contributed by atoms with van der Waals surface area (Å²) in [5.41, 5.74) is 11.7. The molecule has 64 valence electrons. The van der Waals surface area contributed by atoms with Crippen LogP contribution in [0.1, 0.15) is 5.69 Å². The number of nitrogen functional groups attached to an aromatic ring is 1. The summed E-state index contributed by atoms with van der Waals surface area (Å²) < 4.78 is 1.67. The van der Waals surface area contributed by atoms with Gasteiger partial charge in [-0.15, -0.1) is 0 Å². The molecule has 4 N–H and O–H groups in total. The van der Waals surface area contributed by atoms with E-state index in [9.17, 15) is 0 Å². The number of aliphatic imine (C=N–C) groups is 1. The van der Waals surface area contributed by atoms with Crippen LogP contribution >= 0.6 is 0 Å². The number of hydrogen-bond acceptors (Lipinski definition) is 3. The zero-order chi connectivity index (χ0) is 9.14. The first-order valence-electron chi connectivity index (χ1n) is 3.38. The number of nitrogens with two attached hydrogens (primary N) is 2. The van der Waals surface area contributed by atoms with E-state index in [1.54, 1.807) is 17.9 Å². The van der Waals surface area contributed by atoms with Crippen LogP contribution in [0, 0.1) is 0 Å². The van der Waals surface area contributed by atoms with Crippen molar-refractivity contribution in [2.75, 3.05) is 5.73 Å². The molecule has 0 radical (unpaired) electrons. The number of imidazole rings is 1. The van der Waals surface area contributed by atoms with Gasteiger partial charge in [0.05, 0.1) is 6.33 Å². The maximum atomic E-state index is 5.64. The van der Waals surface area contributed by atoms with E-state index in [1.165, 1.54) is 6.20 Å². The lowest BCUT2D eigenvalue weighted by atomic mass is 10.4. The Hall–Kier alpha value is -1.78. The van der Waals surface area contributed by atoms with Crippen molar-refractivity contribution in [2.24, 2.45) is 17.8 Å². The molecule has 0 atom stereocenters. The van der Waals surface area contributed by atoms with Gasteiger partial charge in [0.15, 0.2) is 5.84 Å². The Kier molecular flexibility index (Phi) is 2.14. The maximum Gasteiger partial charge on any atom is 0.153 e. The number of aromatic nitrogens is 2. The summed E-state index contributed by atoms with van der Waals surface area (Å²) in [6.45, 7) is 3.42. The van der Waals surface area contributed by atoms with E-state index in [4.69, 9.17) is 11.5 Å². The highest BCUT2D eigenvalue weighted by atomic mass is 15.1. The molecular formula is C7H11N5. The van der Waals surface area contributed by atoms with Gasteiger partial charge in [0.2, 0.25) is 0 Å². The molecule has 1 rings (SSSR count). The van der Waals surface area contributed by atoms with Gasteiger partial charge in [0.1, 0.15) is 11.5 Å². The van der Waals surface area contributed by atoms with Crippen molar-refractivity contribution in [3.05, 3.63) is 24.8 Å². The van der Waals surface area contributed by atoms with Gasteiger partial charge in [-0.05, 0) is 0 Å². The van der Waals surface area contributed by atoms with E-state index in [1.807, 2.05) is 0 Å². The Morgan fingerprint density at radius 3 is 2.92 bits per heavy atom. The van der Waals surface area contributed by atoms with Crippen molar-refractivity contribution in [3.8, 4) is 0 Å². The van der Waals surface area contributed by atoms with Gasteiger partial charge in [-0.2, -0.15) is 0 Å². The molecule has 1 heterocycles. The second-order valence-corrected chi connectivity index (χ2v) is 2.29. The van der Waals surface area contributed by atoms with Crippen LogP contribution in [0.2, 0.25) is 0 Å². The van der Waals surface area contributed by atoms with Crippen molar-refractivity contribution >= 4 is 11.7 Å². The summed E-state index contributed by atoms with van der Waals surface area (Å²) >= 11 is 0. The Morgan fingerprint density at radius 2 is 2.50 bits per heavy atom. The van der Waals surface area contributed by atoms with Crippen molar-refractivity contribution in [3.63, 3.8) is 0 Å². The first-order valence-corrected chi connectivity index (χ1v) is 3.38. The number of amidine groups is 1. The Balaban J connectivity index is 3.11. The lowest BCUT2D eigenvalue weighted by Gasteiger charge is -1.97. The number of hydrogen-bond donors (Lipinski definition) is 2. The van der Waals surface area contributed by atoms with Crippen LogP contribution in [-0.4, -0.2) is 15.4 Å². The summed E-state index contributed by atoms with van der Waals surface area (Å²) in [6.07, 6.45) is 2.93. The number of aryl methyl sites for hydroxylation is 1. The van der Waals surface area contributed by atoms with Gasteiger partial charge >= 0.3 is 0 Å². The van der Waals surface area contributed by atoms with Crippen molar-refractivity contribution in [1.29, 1.82) is 0 Å². The molecule has 0 aliphatic rings. The molecule has 0 aliphatic carbocycles. The first-order chi connectivity index (χ1) is 5.66. The SMILES string of the molecule is C=CN=C(N)c1ncn(C)c1N. The highest BCUT2D eigenvalue weighted by Crippen LogP contribution is 2.06. The molecule has 5 heteroatoms. The molecule has 1 aromatic heterocycles. The molecule has 0 unspecified atom stereocenters. The quantitative estimate of drug-likeness (QED) is 0.472. The summed E-state index contributed by atoms with van der Waals surface area (Å²) in [7, 11) is 1.78. The van der Waals surface area contributed by atoms with E-state index in [0.717, 1.165) is 0 Å². The van der Waals surface area contributed by atoms with Crippen LogP contribution < -0.4 is 11.5 Å². The van der Waals surface area contributed by atoms with E-state index in [-0.39, 0.29) is 5.84 Å². The summed E-state index contributed by atoms with van der Waals surface area (Å²) in [5, 5.41) is 0. The predicted molar refractivity (Wildman–Crippen MR) is 48.5 cm³/mol. The lowest BCUT2D eigenvalue weighted by molar-refractivity contribution is 0.925. The number of anilines is 1. The molecule has 0 saturated carbocycles. The molecule has 0 aromatic carbocycles. The molecule has 0 amide bonds. The third kappa shape index (κ3) is 1.29. The van der Waals surface area contributed by atoms with Crippen molar-refractivity contribution < 1.29 is 0 Å². The molecule has 0 spiro atoms. The average molecular weight is 165 g/mol. The van der Waals surface area contributed by atoms with Gasteiger partial charge in [-0.25, -0.2) is 9.98 Å². The van der Waals surface area contributed by atoms with Gasteiger partial charge in [-0.3, -0.25) is 0 Å². The van der Waals surface area contributed by atoms with Crippen LogP contribution in [0.4, 0.5) is 5.82 Å². The van der Waals surface area contributed by atoms with E-state index < -0.39 is 0 Å². The largest absolute Gasteiger partial charge is 0.383 e. The highest BCUT2D eigenvalue weighted by molar-refractivity contribution is 5.99. The van der Waals surface area contributed by atoms with Crippen LogP contribution in [0.5, 0.6) is 0 Å². The zero-order valence-corrected chi connectivity index (χ0v) is 6.86. The van der Waals surface area contributed by atoms with Crippen LogP contribution in [0.15, 0.2) is 24.1 Å². The topological polar surface area (TPSA) is 82.2 Å². The lowest BCUT2D eigenvalue weighted by Crippen LogP contribution is -2.15. The first kappa shape index (κ1) is 8.32. The molecule has 0 bridgehead atoms. The van der Waals surface area contributed by atoms with E-state index >= 15 is 0 Å². The molecule has 0 aliphatic heterocycles. The molecule has 0 saturated heterocycles. The summed E-state index contributed by atoms with van der Waals surface area (Å²) in [4.78, 5) is 7.74. The number of rotatable bonds is 2. The molecule has 12 heavy (non-hydrogen) atoms. The highest BCUT2D eigenvalue weighted by Gasteiger charge is 2.07. The molecule has 0 fully saturated rings. The number of nitrogens with zero attached hydrogens (tertiary/aromatic N) is 3. The monoisotopic (exact) mass is 165 g/mol. The zero-order valence-electron chi connectivity index (χ0n) is 6.86. The maximum absolute atomic E-state index is 5.64. The van der Waals surface area contributed by atoms with Crippen LogP contribution in [-0.2, 0) is 7.05 Å². The average Bonchev–Trinajstić information content (AvgIpc) is 2.34. The Morgan fingerprint density at radius 1 is 1.83 bits per heavy atom. The summed E-state index contributed by atoms with van der Waals surface area (Å²) in [5.74, 6) is 0.779. The second kappa shape index (κ2) is 3.08. The predicted octanol–water partition coefficient (Wildman–Crippen LogP) is -0.149. The smallest absolute Gasteiger partial charge is 0.153 e. The normalized spacial score (nSPS) is 11.6. The molecule has 5 nitrogen and oxygen atoms in total. The van der Waals surface area contributed by atoms with Crippen LogP contribution in [0.25, 0.3) is 0 Å². The third-order valence-corrected chi connectivity index (χ3v) is 1.46. The minimum Gasteiger partial charge on any atom is -0.383 e. The van der Waals surface area contributed by atoms with Gasteiger partial charge in [0, 0.05) is 13.2 Å². The summed E-state index contributed by atoms with van der Waals surface area (Å²) in [6, 6.07) is 0. The Labute approximate surface area is 70.4 Å². The fourth-order valence-corrected chi connectivity index (χ4v) is 0.797. The third-order valence-electron chi connectivity index (χ3n) is 1.46. The van der Waals surface area contributed by atoms with Crippen LogP contribution in [0.3, 0.4) is 0 Å². The minimum absolute atomic E-state index is 0.281. The minimum atomic E-state index is 0.281. The van der Waals surface area contributed by atoms with E-state index in [2.05, 4.69) is 16.6 Å². The fraction of sp³-hybridized carbons (Fsp3) is 0.143. The van der Waals surface area contributed by atoms with Gasteiger partial charge in [0.25, 0.3) is 0 Å². The van der Waals surface area contributed by atoms with Gasteiger partial charge in [-0.1, -0.05) is 6.58 Å². The fourth-order valence-electron chi connectivity index (χ4n) is 0.797. The van der Waals surface area contributed by atoms with Crippen molar-refractivity contribution in [2.45, 2.75) is 0 Å². The standard InChI is InChI=1S/C7H11N5/c1-3-10-6(8)5-7(9)12(2)4-11-5/h3-4H,1,9H2,2H3,(H2,8,10).